The number of hydrogen-bond donors (Lipinski definition) is 0. The molecule has 30 heavy (non-hydrogen) atoms. The van der Waals surface area contributed by atoms with E-state index in [1.54, 1.807) is 0 Å². The molecule has 0 unspecified atom stereocenters. The molecule has 0 bridgehead atoms. The van der Waals surface area contributed by atoms with Crippen molar-refractivity contribution in [1.29, 1.82) is 0 Å². The van der Waals surface area contributed by atoms with Crippen LogP contribution in [0, 0.1) is 13.8 Å². The summed E-state index contributed by atoms with van der Waals surface area (Å²) in [5.41, 5.74) is 6.87. The molecule has 0 N–H and O–H groups in total. The number of nitrogens with zero attached hydrogens (tertiary/aromatic N) is 1. The van der Waals surface area contributed by atoms with Crippen LogP contribution >= 0.6 is 8.16 Å². The predicted octanol–water partition coefficient (Wildman–Crippen LogP) is 8.48. The first-order valence-electron chi connectivity index (χ1n) is 11.1. The summed E-state index contributed by atoms with van der Waals surface area (Å²) in [7, 11) is -1.25. The first-order valence-corrected chi connectivity index (χ1v) is 12.2. The van der Waals surface area contributed by atoms with Gasteiger partial charge >= 0.3 is 8.16 Å². The van der Waals surface area contributed by atoms with Crippen LogP contribution < -0.4 is 4.67 Å². The lowest BCUT2D eigenvalue weighted by atomic mass is 9.82. The smallest absolute Gasteiger partial charge is 0.309 e. The molecular weight excluding hydrogens is 389 g/mol. The summed E-state index contributed by atoms with van der Waals surface area (Å²) in [5.74, 6) is 0. The summed E-state index contributed by atoms with van der Waals surface area (Å²) in [6.45, 7) is 24.0. The molecule has 0 atom stereocenters. The molecule has 2 aromatic carbocycles. The van der Waals surface area contributed by atoms with Gasteiger partial charge in [0, 0.05) is 35.0 Å². The predicted molar refractivity (Wildman–Crippen MR) is 132 cm³/mol. The lowest BCUT2D eigenvalue weighted by molar-refractivity contribution is 0.562. The second kappa shape index (κ2) is 8.09. The molecule has 0 radical (unpaired) electrons. The summed E-state index contributed by atoms with van der Waals surface area (Å²) < 4.78 is 15.9. The highest BCUT2D eigenvalue weighted by molar-refractivity contribution is 7.38. The van der Waals surface area contributed by atoms with E-state index in [2.05, 4.69) is 98.2 Å². The van der Waals surface area contributed by atoms with Gasteiger partial charge in [0.05, 0.1) is 0 Å². The number of fused-ring (bicyclic) bond motifs is 3. The van der Waals surface area contributed by atoms with Crippen LogP contribution in [0.25, 0.3) is 21.9 Å². The largest absolute Gasteiger partial charge is 0.407 e. The van der Waals surface area contributed by atoms with Crippen molar-refractivity contribution >= 4 is 30.1 Å². The van der Waals surface area contributed by atoms with Crippen LogP contribution in [-0.4, -0.2) is 13.1 Å². The molecule has 0 aliphatic rings. The molecule has 3 aromatic rings. The Morgan fingerprint density at radius 2 is 1.07 bits per heavy atom. The number of rotatable bonds is 3. The Morgan fingerprint density at radius 1 is 0.700 bits per heavy atom. The maximum absolute atomic E-state index is 6.81. The number of aryl methyl sites for hydroxylation is 2. The lowest BCUT2D eigenvalue weighted by Gasteiger charge is -2.21. The maximum Gasteiger partial charge on any atom is 0.309 e. The minimum atomic E-state index is -1.25. The van der Waals surface area contributed by atoms with E-state index >= 15 is 0 Å². The van der Waals surface area contributed by atoms with Crippen LogP contribution in [0.15, 0.2) is 32.7 Å². The topological polar surface area (TPSA) is 29.5 Å². The minimum absolute atomic E-state index is 0.0257. The Morgan fingerprint density at radius 3 is 1.37 bits per heavy atom. The van der Waals surface area contributed by atoms with E-state index < -0.39 is 8.16 Å². The molecule has 0 spiro atoms. The van der Waals surface area contributed by atoms with Gasteiger partial charge < -0.3 is 8.39 Å². The Bertz CT molecular complexity index is 1030. The minimum Gasteiger partial charge on any atom is -0.407 e. The standard InChI is InChI=1S/C26H38NO2P/c1-11-27(12-2)30-28-23-19(25(5,6)7)15-13-17(3)21(23)22-18(4)14-16-20(24(22)29-30)26(8,9)10/h13-16H,11-12H2,1-10H3. The van der Waals surface area contributed by atoms with Gasteiger partial charge in [-0.1, -0.05) is 79.7 Å². The zero-order chi connectivity index (χ0) is 22.4. The normalized spacial score (nSPS) is 12.9. The molecule has 3 rings (SSSR count). The van der Waals surface area contributed by atoms with Crippen molar-refractivity contribution in [1.82, 2.24) is 0 Å². The molecular formula is C26H38NO2P. The van der Waals surface area contributed by atoms with Crippen molar-refractivity contribution in [2.24, 2.45) is 0 Å². The highest BCUT2D eigenvalue weighted by Gasteiger charge is 2.26. The zero-order valence-electron chi connectivity index (χ0n) is 20.4. The van der Waals surface area contributed by atoms with Crippen molar-refractivity contribution in [3.63, 3.8) is 0 Å². The van der Waals surface area contributed by atoms with E-state index in [0.29, 0.717) is 0 Å². The third kappa shape index (κ3) is 4.07. The average molecular weight is 428 g/mol. The molecule has 3 nitrogen and oxygen atoms in total. The fourth-order valence-electron chi connectivity index (χ4n) is 4.10. The molecule has 1 aromatic heterocycles. The highest BCUT2D eigenvalue weighted by Crippen LogP contribution is 2.44. The van der Waals surface area contributed by atoms with E-state index in [1.165, 1.54) is 33.0 Å². The molecule has 164 valence electrons. The summed E-state index contributed by atoms with van der Waals surface area (Å²) in [4.78, 5) is 0. The zero-order valence-corrected chi connectivity index (χ0v) is 21.3. The van der Waals surface area contributed by atoms with Crippen LogP contribution in [0.2, 0.25) is 0 Å². The van der Waals surface area contributed by atoms with Gasteiger partial charge in [-0.15, -0.1) is 0 Å². The summed E-state index contributed by atoms with van der Waals surface area (Å²) >= 11 is 0. The molecule has 0 saturated carbocycles. The average Bonchev–Trinajstić information content (AvgIpc) is 2.79. The molecule has 0 amide bonds. The van der Waals surface area contributed by atoms with Crippen molar-refractivity contribution in [2.45, 2.75) is 80.1 Å². The van der Waals surface area contributed by atoms with Crippen LogP contribution in [0.5, 0.6) is 0 Å². The summed E-state index contributed by atoms with van der Waals surface area (Å²) in [5, 5.41) is 2.39. The summed E-state index contributed by atoms with van der Waals surface area (Å²) in [6, 6.07) is 8.94. The van der Waals surface area contributed by atoms with Gasteiger partial charge in [-0.25, -0.2) is 4.67 Å². The first kappa shape index (κ1) is 23.0. The van der Waals surface area contributed by atoms with E-state index in [-0.39, 0.29) is 10.8 Å². The molecule has 4 heteroatoms. The molecule has 0 aliphatic carbocycles. The van der Waals surface area contributed by atoms with E-state index in [9.17, 15) is 0 Å². The SMILES string of the molecule is CCN(CC)p1oc2c(C(C)(C)C)ccc(C)c2c2c(C)ccc(C(C)(C)C)c2o1. The Balaban J connectivity index is 2.72. The van der Waals surface area contributed by atoms with Crippen LogP contribution in [0.4, 0.5) is 0 Å². The van der Waals surface area contributed by atoms with Crippen molar-refractivity contribution < 1.29 is 8.39 Å². The second-order valence-electron chi connectivity index (χ2n) is 10.3. The first-order chi connectivity index (χ1) is 13.9. The van der Waals surface area contributed by atoms with Crippen LogP contribution in [-0.2, 0) is 10.8 Å². The fourth-order valence-corrected chi connectivity index (χ4v) is 5.52. The third-order valence-corrected chi connectivity index (χ3v) is 7.60. The van der Waals surface area contributed by atoms with Gasteiger partial charge in [-0.05, 0) is 35.8 Å². The number of hydrogen-bond acceptors (Lipinski definition) is 3. The van der Waals surface area contributed by atoms with Crippen molar-refractivity contribution in [3.05, 3.63) is 46.5 Å². The monoisotopic (exact) mass is 427 g/mol. The quantitative estimate of drug-likeness (QED) is 0.420. The number of benzene rings is 2. The third-order valence-electron chi connectivity index (χ3n) is 5.90. The summed E-state index contributed by atoms with van der Waals surface area (Å²) in [6.07, 6.45) is 0. The van der Waals surface area contributed by atoms with Gasteiger partial charge in [0.2, 0.25) is 0 Å². The van der Waals surface area contributed by atoms with Gasteiger partial charge in [0.15, 0.2) is 0 Å². The Kier molecular flexibility index (Phi) is 6.20. The van der Waals surface area contributed by atoms with Gasteiger partial charge in [0.25, 0.3) is 0 Å². The lowest BCUT2D eigenvalue weighted by Crippen LogP contribution is -2.18. The van der Waals surface area contributed by atoms with Gasteiger partial charge in [0.1, 0.15) is 11.2 Å². The van der Waals surface area contributed by atoms with Gasteiger partial charge in [-0.2, -0.15) is 0 Å². The highest BCUT2D eigenvalue weighted by atomic mass is 31.1. The van der Waals surface area contributed by atoms with E-state index in [4.69, 9.17) is 8.39 Å². The molecule has 0 saturated heterocycles. The molecule has 0 aliphatic heterocycles. The molecule has 1 heterocycles. The van der Waals surface area contributed by atoms with Crippen LogP contribution in [0.3, 0.4) is 0 Å². The Labute approximate surface area is 183 Å². The van der Waals surface area contributed by atoms with Crippen LogP contribution in [0.1, 0.15) is 77.6 Å². The Hall–Kier alpha value is -1.70. The van der Waals surface area contributed by atoms with Crippen molar-refractivity contribution in [3.8, 4) is 0 Å². The maximum atomic E-state index is 6.81. The van der Waals surface area contributed by atoms with E-state index in [0.717, 1.165) is 24.3 Å². The second-order valence-corrected chi connectivity index (χ2v) is 11.7. The fraction of sp³-hybridized carbons (Fsp3) is 0.538. The van der Waals surface area contributed by atoms with E-state index in [1.807, 2.05) is 0 Å². The van der Waals surface area contributed by atoms with Crippen molar-refractivity contribution in [2.75, 3.05) is 17.8 Å². The molecule has 0 fully saturated rings. The van der Waals surface area contributed by atoms with Gasteiger partial charge in [-0.3, -0.25) is 0 Å².